The van der Waals surface area contributed by atoms with Crippen LogP contribution in [0.4, 0.5) is 0 Å². The van der Waals surface area contributed by atoms with E-state index < -0.39 is 0 Å². The predicted octanol–water partition coefficient (Wildman–Crippen LogP) is 1.96. The Hall–Kier alpha value is -1.22. The van der Waals surface area contributed by atoms with Crippen LogP contribution in [0.1, 0.15) is 17.5 Å². The molecule has 0 bridgehead atoms. The first-order valence-electron chi connectivity index (χ1n) is 5.89. The lowest BCUT2D eigenvalue weighted by molar-refractivity contribution is -0.128. The van der Waals surface area contributed by atoms with Gasteiger partial charge in [-0.05, 0) is 17.2 Å². The van der Waals surface area contributed by atoms with Crippen molar-refractivity contribution in [2.75, 3.05) is 13.2 Å². The highest BCUT2D eigenvalue weighted by Gasteiger charge is 2.28. The summed E-state index contributed by atoms with van der Waals surface area (Å²) in [6.07, 6.45) is 1.44. The molecule has 17 heavy (non-hydrogen) atoms. The number of benzene rings is 1. The third-order valence-electron chi connectivity index (χ3n) is 3.29. The van der Waals surface area contributed by atoms with Crippen LogP contribution in [0.5, 0.6) is 5.75 Å². The Morgan fingerprint density at radius 1 is 1.47 bits per heavy atom. The number of carbonyl (C=O) groups excluding carboxylic acids is 1. The zero-order valence-corrected chi connectivity index (χ0v) is 10.2. The summed E-state index contributed by atoms with van der Waals surface area (Å²) >= 11 is 5.98. The van der Waals surface area contributed by atoms with Crippen molar-refractivity contribution in [3.8, 4) is 5.75 Å². The molecule has 4 heteroatoms. The maximum absolute atomic E-state index is 11.6. The van der Waals surface area contributed by atoms with Crippen molar-refractivity contribution in [2.45, 2.75) is 24.8 Å². The van der Waals surface area contributed by atoms with E-state index in [1.165, 1.54) is 5.56 Å². The highest BCUT2D eigenvalue weighted by molar-refractivity contribution is 6.22. The lowest BCUT2D eigenvalue weighted by Gasteiger charge is -2.16. The standard InChI is InChI=1S/C13H14ClNO2/c14-11-6-13(16)15(8-11)7-9-1-2-12-10(5-9)3-4-17-12/h1-2,5,11H,3-4,6-8H2. The average Bonchev–Trinajstić information content (AvgIpc) is 2.85. The number of hydrogen-bond donors (Lipinski definition) is 0. The first-order chi connectivity index (χ1) is 8.22. The first-order valence-corrected chi connectivity index (χ1v) is 6.32. The molecule has 2 heterocycles. The van der Waals surface area contributed by atoms with E-state index in [0.29, 0.717) is 19.5 Å². The molecule has 0 saturated carbocycles. The highest BCUT2D eigenvalue weighted by atomic mass is 35.5. The molecule has 1 unspecified atom stereocenters. The van der Waals surface area contributed by atoms with Crippen LogP contribution < -0.4 is 4.74 Å². The van der Waals surface area contributed by atoms with Crippen LogP contribution in [0.25, 0.3) is 0 Å². The number of ether oxygens (including phenoxy) is 1. The zero-order valence-electron chi connectivity index (χ0n) is 9.49. The van der Waals surface area contributed by atoms with Crippen LogP contribution in [0.2, 0.25) is 0 Å². The van der Waals surface area contributed by atoms with Crippen molar-refractivity contribution < 1.29 is 9.53 Å². The smallest absolute Gasteiger partial charge is 0.224 e. The lowest BCUT2D eigenvalue weighted by atomic mass is 10.1. The minimum absolute atomic E-state index is 0.0275. The number of amides is 1. The maximum atomic E-state index is 11.6. The first kappa shape index (κ1) is 10.9. The van der Waals surface area contributed by atoms with Gasteiger partial charge in [-0.25, -0.2) is 0 Å². The Balaban J connectivity index is 1.75. The number of halogens is 1. The van der Waals surface area contributed by atoms with Gasteiger partial charge in [0.1, 0.15) is 5.75 Å². The number of nitrogens with zero attached hydrogens (tertiary/aromatic N) is 1. The second-order valence-corrected chi connectivity index (χ2v) is 5.23. The molecule has 0 radical (unpaired) electrons. The molecule has 2 aliphatic heterocycles. The molecule has 1 atom stereocenters. The molecule has 1 saturated heterocycles. The fourth-order valence-corrected chi connectivity index (χ4v) is 2.73. The lowest BCUT2D eigenvalue weighted by Crippen LogP contribution is -2.24. The summed E-state index contributed by atoms with van der Waals surface area (Å²) in [4.78, 5) is 13.5. The number of fused-ring (bicyclic) bond motifs is 1. The molecule has 1 amide bonds. The molecule has 3 nitrogen and oxygen atoms in total. The summed E-state index contributed by atoms with van der Waals surface area (Å²) in [6.45, 7) is 2.09. The van der Waals surface area contributed by atoms with Crippen molar-refractivity contribution in [2.24, 2.45) is 0 Å². The van der Waals surface area contributed by atoms with E-state index >= 15 is 0 Å². The highest BCUT2D eigenvalue weighted by Crippen LogP contribution is 2.27. The number of rotatable bonds is 2. The van der Waals surface area contributed by atoms with Gasteiger partial charge in [0.2, 0.25) is 5.91 Å². The number of alkyl halides is 1. The SMILES string of the molecule is O=C1CC(Cl)CN1Cc1ccc2c(c1)CCO2. The molecule has 0 aliphatic carbocycles. The van der Waals surface area contributed by atoms with E-state index in [2.05, 4.69) is 6.07 Å². The molecule has 1 aromatic carbocycles. The molecule has 1 fully saturated rings. The van der Waals surface area contributed by atoms with Gasteiger partial charge in [-0.3, -0.25) is 4.79 Å². The maximum Gasteiger partial charge on any atom is 0.224 e. The average molecular weight is 252 g/mol. The van der Waals surface area contributed by atoms with E-state index in [0.717, 1.165) is 24.3 Å². The van der Waals surface area contributed by atoms with Crippen LogP contribution in [0.3, 0.4) is 0 Å². The van der Waals surface area contributed by atoms with E-state index in [4.69, 9.17) is 16.3 Å². The Kier molecular flexibility index (Phi) is 2.71. The molecule has 3 rings (SSSR count). The third kappa shape index (κ3) is 2.12. The topological polar surface area (TPSA) is 29.5 Å². The van der Waals surface area contributed by atoms with Gasteiger partial charge in [0.05, 0.1) is 12.0 Å². The van der Waals surface area contributed by atoms with Crippen LogP contribution in [-0.4, -0.2) is 29.3 Å². The van der Waals surface area contributed by atoms with Gasteiger partial charge in [-0.1, -0.05) is 12.1 Å². The zero-order chi connectivity index (χ0) is 11.8. The molecule has 1 aromatic rings. The molecule has 90 valence electrons. The number of hydrogen-bond acceptors (Lipinski definition) is 2. The molecular weight excluding hydrogens is 238 g/mol. The molecule has 0 spiro atoms. The largest absolute Gasteiger partial charge is 0.493 e. The van der Waals surface area contributed by atoms with E-state index in [-0.39, 0.29) is 11.3 Å². The summed E-state index contributed by atoms with van der Waals surface area (Å²) in [6, 6.07) is 6.16. The Labute approximate surface area is 105 Å². The van der Waals surface area contributed by atoms with Crippen molar-refractivity contribution in [3.63, 3.8) is 0 Å². The Bertz CT molecular complexity index is 461. The van der Waals surface area contributed by atoms with Crippen molar-refractivity contribution in [1.29, 1.82) is 0 Å². The second-order valence-electron chi connectivity index (χ2n) is 4.62. The monoisotopic (exact) mass is 251 g/mol. The van der Waals surface area contributed by atoms with Gasteiger partial charge in [0.25, 0.3) is 0 Å². The van der Waals surface area contributed by atoms with E-state index in [9.17, 15) is 4.79 Å². The van der Waals surface area contributed by atoms with Crippen LogP contribution in [0, 0.1) is 0 Å². The summed E-state index contributed by atoms with van der Waals surface area (Å²) in [7, 11) is 0. The van der Waals surface area contributed by atoms with Crippen molar-refractivity contribution >= 4 is 17.5 Å². The normalized spacial score (nSPS) is 22.8. The summed E-state index contributed by atoms with van der Waals surface area (Å²) in [5.41, 5.74) is 2.41. The number of likely N-dealkylation sites (tertiary alicyclic amines) is 1. The van der Waals surface area contributed by atoms with Gasteiger partial charge in [0.15, 0.2) is 0 Å². The third-order valence-corrected chi connectivity index (χ3v) is 3.59. The number of carbonyl (C=O) groups is 1. The van der Waals surface area contributed by atoms with Gasteiger partial charge in [-0.15, -0.1) is 11.6 Å². The molecule has 0 N–H and O–H groups in total. The summed E-state index contributed by atoms with van der Waals surface area (Å²) < 4.78 is 5.46. The Morgan fingerprint density at radius 2 is 2.35 bits per heavy atom. The van der Waals surface area contributed by atoms with Gasteiger partial charge in [-0.2, -0.15) is 0 Å². The minimum atomic E-state index is -0.0275. The van der Waals surface area contributed by atoms with Crippen LogP contribution >= 0.6 is 11.6 Å². The van der Waals surface area contributed by atoms with E-state index in [1.54, 1.807) is 0 Å². The molecule has 0 aromatic heterocycles. The summed E-state index contributed by atoms with van der Waals surface area (Å²) in [5, 5.41) is -0.0275. The van der Waals surface area contributed by atoms with Crippen molar-refractivity contribution in [3.05, 3.63) is 29.3 Å². The van der Waals surface area contributed by atoms with Crippen LogP contribution in [0.15, 0.2) is 18.2 Å². The van der Waals surface area contributed by atoms with Crippen molar-refractivity contribution in [1.82, 2.24) is 4.90 Å². The molecule has 2 aliphatic rings. The van der Waals surface area contributed by atoms with Gasteiger partial charge >= 0.3 is 0 Å². The fraction of sp³-hybridized carbons (Fsp3) is 0.462. The van der Waals surface area contributed by atoms with Crippen LogP contribution in [-0.2, 0) is 17.8 Å². The fourth-order valence-electron chi connectivity index (χ4n) is 2.44. The second kappa shape index (κ2) is 4.22. The minimum Gasteiger partial charge on any atom is -0.493 e. The van der Waals surface area contributed by atoms with E-state index in [1.807, 2.05) is 17.0 Å². The Morgan fingerprint density at radius 3 is 3.12 bits per heavy atom. The summed E-state index contributed by atoms with van der Waals surface area (Å²) in [5.74, 6) is 1.14. The van der Waals surface area contributed by atoms with Gasteiger partial charge < -0.3 is 9.64 Å². The van der Waals surface area contributed by atoms with Gasteiger partial charge in [0, 0.05) is 25.9 Å². The molecular formula is C13H14ClNO2. The quantitative estimate of drug-likeness (QED) is 0.752. The predicted molar refractivity (Wildman–Crippen MR) is 65.3 cm³/mol.